The van der Waals surface area contributed by atoms with Gasteiger partial charge in [-0.1, -0.05) is 36.4 Å². The molecule has 0 aromatic heterocycles. The maximum Gasteiger partial charge on any atom is 0.0681 e. The van der Waals surface area contributed by atoms with Crippen LogP contribution in [0.2, 0.25) is 0 Å². The summed E-state index contributed by atoms with van der Waals surface area (Å²) in [5.74, 6) is 0.450. The number of para-hydroxylation sites is 2. The molecule has 3 N–H and O–H groups in total. The van der Waals surface area contributed by atoms with E-state index in [4.69, 9.17) is 5.11 Å². The summed E-state index contributed by atoms with van der Waals surface area (Å²) in [6, 6.07) is 16.4. The summed E-state index contributed by atoms with van der Waals surface area (Å²) in [5, 5.41) is 22.0. The number of piperidine rings is 1. The molecule has 1 saturated heterocycles. The van der Waals surface area contributed by atoms with E-state index in [9.17, 15) is 5.11 Å². The third-order valence-electron chi connectivity index (χ3n) is 4.81. The Bertz CT molecular complexity index is 634. The van der Waals surface area contributed by atoms with E-state index >= 15 is 0 Å². The first kappa shape index (κ1) is 16.8. The molecule has 4 nitrogen and oxygen atoms in total. The van der Waals surface area contributed by atoms with Crippen molar-refractivity contribution in [2.45, 2.75) is 26.0 Å². The van der Waals surface area contributed by atoms with Gasteiger partial charge >= 0.3 is 0 Å². The maximum absolute atomic E-state index is 9.30. The number of benzene rings is 2. The van der Waals surface area contributed by atoms with Crippen molar-refractivity contribution >= 4 is 11.4 Å². The second kappa shape index (κ2) is 8.18. The van der Waals surface area contributed by atoms with Gasteiger partial charge in [0.2, 0.25) is 0 Å². The third kappa shape index (κ3) is 4.08. The SMILES string of the molecule is OCc1ccc(CNc2ccccc2N2CCC(CO)CC2)cc1. The molecule has 1 aliphatic heterocycles. The lowest BCUT2D eigenvalue weighted by atomic mass is 9.97. The topological polar surface area (TPSA) is 55.7 Å². The molecule has 0 bridgehead atoms. The lowest BCUT2D eigenvalue weighted by molar-refractivity contribution is 0.203. The average Bonchev–Trinajstić information content (AvgIpc) is 2.67. The van der Waals surface area contributed by atoms with Crippen LogP contribution in [-0.4, -0.2) is 29.9 Å². The second-order valence-corrected chi connectivity index (χ2v) is 6.46. The minimum Gasteiger partial charge on any atom is -0.396 e. The van der Waals surface area contributed by atoms with Gasteiger partial charge in [-0.15, -0.1) is 0 Å². The van der Waals surface area contributed by atoms with Crippen LogP contribution < -0.4 is 10.2 Å². The van der Waals surface area contributed by atoms with Crippen molar-refractivity contribution < 1.29 is 10.2 Å². The predicted octanol–water partition coefficient (Wildman–Crippen LogP) is 3.00. The number of aliphatic hydroxyl groups is 2. The Balaban J connectivity index is 1.65. The van der Waals surface area contributed by atoms with E-state index in [1.165, 1.54) is 11.3 Å². The zero-order chi connectivity index (χ0) is 16.8. The van der Waals surface area contributed by atoms with E-state index in [-0.39, 0.29) is 6.61 Å². The highest BCUT2D eigenvalue weighted by Crippen LogP contribution is 2.30. The Kier molecular flexibility index (Phi) is 5.72. The van der Waals surface area contributed by atoms with Crippen molar-refractivity contribution in [2.24, 2.45) is 5.92 Å². The van der Waals surface area contributed by atoms with Crippen molar-refractivity contribution in [1.29, 1.82) is 0 Å². The molecule has 4 heteroatoms. The highest BCUT2D eigenvalue weighted by Gasteiger charge is 2.20. The van der Waals surface area contributed by atoms with Gasteiger partial charge in [0.1, 0.15) is 0 Å². The van der Waals surface area contributed by atoms with Gasteiger partial charge in [0, 0.05) is 26.2 Å². The molecule has 128 valence electrons. The molecule has 0 atom stereocenters. The lowest BCUT2D eigenvalue weighted by Gasteiger charge is -2.34. The first-order valence-electron chi connectivity index (χ1n) is 8.67. The normalized spacial score (nSPS) is 15.5. The van der Waals surface area contributed by atoms with Gasteiger partial charge in [-0.05, 0) is 42.0 Å². The molecule has 1 heterocycles. The third-order valence-corrected chi connectivity index (χ3v) is 4.81. The number of anilines is 2. The van der Waals surface area contributed by atoms with E-state index in [1.54, 1.807) is 0 Å². The van der Waals surface area contributed by atoms with Crippen molar-refractivity contribution in [1.82, 2.24) is 0 Å². The fraction of sp³-hybridized carbons (Fsp3) is 0.400. The minimum absolute atomic E-state index is 0.0837. The predicted molar refractivity (Wildman–Crippen MR) is 98.2 cm³/mol. The first-order chi connectivity index (χ1) is 11.8. The minimum atomic E-state index is 0.0837. The van der Waals surface area contributed by atoms with Gasteiger partial charge in [-0.2, -0.15) is 0 Å². The van der Waals surface area contributed by atoms with Crippen LogP contribution in [0.25, 0.3) is 0 Å². The van der Waals surface area contributed by atoms with Crippen LogP contribution in [0.5, 0.6) is 0 Å². The van der Waals surface area contributed by atoms with Gasteiger partial charge in [0.05, 0.1) is 18.0 Å². The molecule has 3 rings (SSSR count). The molecular formula is C20H26N2O2. The molecule has 0 unspecified atom stereocenters. The van der Waals surface area contributed by atoms with Gasteiger partial charge in [0.15, 0.2) is 0 Å². The highest BCUT2D eigenvalue weighted by atomic mass is 16.3. The number of hydrogen-bond acceptors (Lipinski definition) is 4. The largest absolute Gasteiger partial charge is 0.396 e. The van der Waals surface area contributed by atoms with Crippen LogP contribution in [0.1, 0.15) is 24.0 Å². The van der Waals surface area contributed by atoms with Gasteiger partial charge < -0.3 is 20.4 Å². The summed E-state index contributed by atoms with van der Waals surface area (Å²) in [6.45, 7) is 3.14. The van der Waals surface area contributed by atoms with E-state index < -0.39 is 0 Å². The molecule has 0 saturated carbocycles. The number of nitrogens with one attached hydrogen (secondary N) is 1. The summed E-state index contributed by atoms with van der Waals surface area (Å²) >= 11 is 0. The Morgan fingerprint density at radius 1 is 0.917 bits per heavy atom. The summed E-state index contributed by atoms with van der Waals surface area (Å²) < 4.78 is 0. The van der Waals surface area contributed by atoms with Crippen LogP contribution in [0.15, 0.2) is 48.5 Å². The van der Waals surface area contributed by atoms with Crippen molar-refractivity contribution in [3.05, 3.63) is 59.7 Å². The monoisotopic (exact) mass is 326 g/mol. The average molecular weight is 326 g/mol. The van der Waals surface area contributed by atoms with Crippen LogP contribution in [-0.2, 0) is 13.2 Å². The van der Waals surface area contributed by atoms with Crippen LogP contribution >= 0.6 is 0 Å². The van der Waals surface area contributed by atoms with Gasteiger partial charge in [-0.25, -0.2) is 0 Å². The standard InChI is InChI=1S/C20H26N2O2/c23-14-17-7-5-16(6-8-17)13-21-19-3-1-2-4-20(19)22-11-9-18(15-24)10-12-22/h1-8,18,21,23-24H,9-15H2. The van der Waals surface area contributed by atoms with Crippen LogP contribution in [0.3, 0.4) is 0 Å². The molecule has 24 heavy (non-hydrogen) atoms. The molecule has 0 aliphatic carbocycles. The molecule has 0 spiro atoms. The Morgan fingerprint density at radius 3 is 2.25 bits per heavy atom. The van der Waals surface area contributed by atoms with Gasteiger partial charge in [0.25, 0.3) is 0 Å². The smallest absolute Gasteiger partial charge is 0.0681 e. The van der Waals surface area contributed by atoms with Gasteiger partial charge in [-0.3, -0.25) is 0 Å². The summed E-state index contributed by atoms with van der Waals surface area (Å²) in [7, 11) is 0. The molecule has 2 aromatic carbocycles. The van der Waals surface area contributed by atoms with Crippen LogP contribution in [0, 0.1) is 5.92 Å². The van der Waals surface area contributed by atoms with E-state index in [1.807, 2.05) is 24.3 Å². The summed E-state index contributed by atoms with van der Waals surface area (Å²) in [6.07, 6.45) is 2.10. The van der Waals surface area contributed by atoms with Crippen LogP contribution in [0.4, 0.5) is 11.4 Å². The maximum atomic E-state index is 9.30. The molecule has 0 radical (unpaired) electrons. The molecule has 2 aromatic rings. The number of hydrogen-bond donors (Lipinski definition) is 3. The molecule has 0 amide bonds. The number of aliphatic hydroxyl groups excluding tert-OH is 2. The summed E-state index contributed by atoms with van der Waals surface area (Å²) in [4.78, 5) is 2.41. The van der Waals surface area contributed by atoms with E-state index in [2.05, 4.69) is 34.5 Å². The fourth-order valence-electron chi connectivity index (χ4n) is 3.22. The number of nitrogens with zero attached hydrogens (tertiary/aromatic N) is 1. The molecule has 1 aliphatic rings. The van der Waals surface area contributed by atoms with Crippen molar-refractivity contribution in [3.8, 4) is 0 Å². The van der Waals surface area contributed by atoms with E-state index in [0.717, 1.165) is 43.7 Å². The Morgan fingerprint density at radius 2 is 1.58 bits per heavy atom. The lowest BCUT2D eigenvalue weighted by Crippen LogP contribution is -2.35. The fourth-order valence-corrected chi connectivity index (χ4v) is 3.22. The Hall–Kier alpha value is -2.04. The molecular weight excluding hydrogens is 300 g/mol. The van der Waals surface area contributed by atoms with Crippen molar-refractivity contribution in [3.63, 3.8) is 0 Å². The summed E-state index contributed by atoms with van der Waals surface area (Å²) in [5.41, 5.74) is 4.51. The quantitative estimate of drug-likeness (QED) is 0.764. The first-order valence-corrected chi connectivity index (χ1v) is 8.67. The zero-order valence-corrected chi connectivity index (χ0v) is 14.0. The zero-order valence-electron chi connectivity index (χ0n) is 14.0. The molecule has 1 fully saturated rings. The Labute approximate surface area is 143 Å². The van der Waals surface area contributed by atoms with Crippen molar-refractivity contribution in [2.75, 3.05) is 29.9 Å². The highest BCUT2D eigenvalue weighted by molar-refractivity contribution is 5.70. The van der Waals surface area contributed by atoms with E-state index in [0.29, 0.717) is 12.5 Å². The second-order valence-electron chi connectivity index (χ2n) is 6.46. The number of rotatable bonds is 6.